The fraction of sp³-hybridized carbons (Fsp3) is 0.318. The molecule has 0 bridgehead atoms. The van der Waals surface area contributed by atoms with Gasteiger partial charge in [-0.1, -0.05) is 60.7 Å². The first kappa shape index (κ1) is 21.8. The van der Waals surface area contributed by atoms with Crippen molar-refractivity contribution in [3.05, 3.63) is 64.1 Å². The van der Waals surface area contributed by atoms with Gasteiger partial charge in [-0.15, -0.1) is 0 Å². The van der Waals surface area contributed by atoms with E-state index in [9.17, 15) is 9.59 Å². The average molecular weight is 444 g/mol. The van der Waals surface area contributed by atoms with Crippen LogP contribution in [0.5, 0.6) is 0 Å². The van der Waals surface area contributed by atoms with Crippen molar-refractivity contribution in [1.29, 1.82) is 0 Å². The lowest BCUT2D eigenvalue weighted by Gasteiger charge is -2.06. The lowest BCUT2D eigenvalue weighted by molar-refractivity contribution is -0.116. The van der Waals surface area contributed by atoms with Crippen LogP contribution in [0.4, 0.5) is 5.69 Å². The molecule has 0 atom stereocenters. The number of hydrogen-bond donors (Lipinski definition) is 2. The van der Waals surface area contributed by atoms with Gasteiger partial charge in [0, 0.05) is 22.1 Å². The second-order valence-corrected chi connectivity index (χ2v) is 7.46. The third-order valence-corrected chi connectivity index (χ3v) is 4.66. The molecule has 0 heterocycles. The number of unbranched alkanes of at least 4 members (excludes halogenated alkanes) is 4. The minimum absolute atomic E-state index is 0.00678. The summed E-state index contributed by atoms with van der Waals surface area (Å²) in [4.78, 5) is 24.1. The molecular weight excluding hydrogens is 418 g/mol. The molecule has 0 saturated carbocycles. The number of carbonyl (C=O) groups is 2. The predicted octanol–water partition coefficient (Wildman–Crippen LogP) is 5.51. The van der Waals surface area contributed by atoms with Crippen molar-refractivity contribution in [3.63, 3.8) is 0 Å². The van der Waals surface area contributed by atoms with E-state index in [0.29, 0.717) is 17.7 Å². The lowest BCUT2D eigenvalue weighted by atomic mass is 10.1. The predicted molar refractivity (Wildman–Crippen MR) is 118 cm³/mol. The van der Waals surface area contributed by atoms with Crippen molar-refractivity contribution in [1.82, 2.24) is 5.43 Å². The maximum Gasteiger partial charge on any atom is 0.271 e. The standard InChI is InChI=1S/C22H26BrN3O2/c1-2-3-4-5-6-10-21(27)25-20-13-11-18(12-14-20)22(28)26-24-16-17-8-7-9-19(23)15-17/h7-9,11-16H,2-6,10H2,1H3,(H,25,27)(H,26,28)/b24-16+. The molecule has 2 rings (SSSR count). The molecule has 2 amide bonds. The van der Waals surface area contributed by atoms with Crippen LogP contribution in [-0.4, -0.2) is 18.0 Å². The number of carbonyl (C=O) groups excluding carboxylic acids is 2. The van der Waals surface area contributed by atoms with Gasteiger partial charge < -0.3 is 5.32 Å². The molecule has 0 radical (unpaired) electrons. The highest BCUT2D eigenvalue weighted by Crippen LogP contribution is 2.12. The number of hydrazone groups is 1. The highest BCUT2D eigenvalue weighted by Gasteiger charge is 2.06. The number of amides is 2. The van der Waals surface area contributed by atoms with E-state index in [1.54, 1.807) is 30.5 Å². The summed E-state index contributed by atoms with van der Waals surface area (Å²) in [7, 11) is 0. The van der Waals surface area contributed by atoms with Crippen LogP contribution in [0.2, 0.25) is 0 Å². The molecule has 148 valence electrons. The van der Waals surface area contributed by atoms with Crippen molar-refractivity contribution in [2.75, 3.05) is 5.32 Å². The summed E-state index contributed by atoms with van der Waals surface area (Å²) in [5, 5.41) is 6.83. The van der Waals surface area contributed by atoms with Crippen LogP contribution in [0.3, 0.4) is 0 Å². The Hall–Kier alpha value is -2.47. The number of hydrogen-bond acceptors (Lipinski definition) is 3. The van der Waals surface area contributed by atoms with Gasteiger partial charge in [0.2, 0.25) is 5.91 Å². The van der Waals surface area contributed by atoms with Gasteiger partial charge in [-0.3, -0.25) is 9.59 Å². The van der Waals surface area contributed by atoms with Gasteiger partial charge in [-0.05, 0) is 48.4 Å². The van der Waals surface area contributed by atoms with E-state index >= 15 is 0 Å². The summed E-state index contributed by atoms with van der Waals surface area (Å²) in [6, 6.07) is 14.4. The first-order valence-corrected chi connectivity index (χ1v) is 10.4. The number of benzene rings is 2. The third kappa shape index (κ3) is 8.05. The molecule has 28 heavy (non-hydrogen) atoms. The Morgan fingerprint density at radius 3 is 2.50 bits per heavy atom. The Morgan fingerprint density at radius 2 is 1.79 bits per heavy atom. The molecule has 2 aromatic rings. The van der Waals surface area contributed by atoms with Crippen molar-refractivity contribution in [2.24, 2.45) is 5.10 Å². The zero-order valence-corrected chi connectivity index (χ0v) is 17.7. The molecule has 0 spiro atoms. The van der Waals surface area contributed by atoms with Crippen LogP contribution in [0, 0.1) is 0 Å². The molecule has 0 aliphatic heterocycles. The number of nitrogens with zero attached hydrogens (tertiary/aromatic N) is 1. The van der Waals surface area contributed by atoms with Gasteiger partial charge in [0.15, 0.2) is 0 Å². The summed E-state index contributed by atoms with van der Waals surface area (Å²) >= 11 is 3.39. The summed E-state index contributed by atoms with van der Waals surface area (Å²) in [5.41, 5.74) is 4.54. The zero-order chi connectivity index (χ0) is 20.2. The third-order valence-electron chi connectivity index (χ3n) is 4.17. The van der Waals surface area contributed by atoms with Crippen molar-refractivity contribution in [3.8, 4) is 0 Å². The lowest BCUT2D eigenvalue weighted by Crippen LogP contribution is -2.17. The summed E-state index contributed by atoms with van der Waals surface area (Å²) < 4.78 is 0.946. The Labute approximate surface area is 174 Å². The monoisotopic (exact) mass is 443 g/mol. The molecular formula is C22H26BrN3O2. The maximum absolute atomic E-state index is 12.1. The van der Waals surface area contributed by atoms with Gasteiger partial charge in [-0.2, -0.15) is 5.10 Å². The van der Waals surface area contributed by atoms with Crippen LogP contribution in [0.1, 0.15) is 61.4 Å². The summed E-state index contributed by atoms with van der Waals surface area (Å²) in [6.45, 7) is 2.17. The SMILES string of the molecule is CCCCCCCC(=O)Nc1ccc(C(=O)N/N=C/c2cccc(Br)c2)cc1. The van der Waals surface area contributed by atoms with E-state index in [2.05, 4.69) is 38.7 Å². The fourth-order valence-electron chi connectivity index (χ4n) is 2.63. The first-order chi connectivity index (χ1) is 13.6. The van der Waals surface area contributed by atoms with Crippen molar-refractivity contribution < 1.29 is 9.59 Å². The smallest absolute Gasteiger partial charge is 0.271 e. The Balaban J connectivity index is 1.78. The number of anilines is 1. The number of nitrogens with one attached hydrogen (secondary N) is 2. The van der Waals surface area contributed by atoms with Gasteiger partial charge in [0.25, 0.3) is 5.91 Å². The Kier molecular flexibility index (Phi) is 9.42. The molecule has 0 saturated heterocycles. The molecule has 2 N–H and O–H groups in total. The Bertz CT molecular complexity index is 804. The van der Waals surface area contributed by atoms with Gasteiger partial charge in [0.05, 0.1) is 6.21 Å². The second kappa shape index (κ2) is 12.1. The molecule has 0 aliphatic rings. The fourth-order valence-corrected chi connectivity index (χ4v) is 3.05. The van der Waals surface area contributed by atoms with Gasteiger partial charge >= 0.3 is 0 Å². The van der Waals surface area contributed by atoms with Gasteiger partial charge in [0.1, 0.15) is 0 Å². The van der Waals surface area contributed by atoms with Crippen molar-refractivity contribution >= 4 is 39.6 Å². The maximum atomic E-state index is 12.1. The molecule has 0 fully saturated rings. The number of rotatable bonds is 10. The van der Waals surface area contributed by atoms with Crippen LogP contribution in [-0.2, 0) is 4.79 Å². The second-order valence-electron chi connectivity index (χ2n) is 6.54. The minimum atomic E-state index is -0.306. The molecule has 0 unspecified atom stereocenters. The van der Waals surface area contributed by atoms with Crippen LogP contribution < -0.4 is 10.7 Å². The van der Waals surface area contributed by atoms with Crippen molar-refractivity contribution in [2.45, 2.75) is 45.4 Å². The quantitative estimate of drug-likeness (QED) is 0.288. The molecule has 0 aromatic heterocycles. The van der Waals surface area contributed by atoms with Gasteiger partial charge in [-0.25, -0.2) is 5.43 Å². The van der Waals surface area contributed by atoms with E-state index in [1.807, 2.05) is 24.3 Å². The van der Waals surface area contributed by atoms with E-state index in [4.69, 9.17) is 0 Å². The molecule has 5 nitrogen and oxygen atoms in total. The normalized spacial score (nSPS) is 10.8. The Morgan fingerprint density at radius 1 is 1.04 bits per heavy atom. The molecule has 0 aliphatic carbocycles. The molecule has 6 heteroatoms. The highest BCUT2D eigenvalue weighted by molar-refractivity contribution is 9.10. The topological polar surface area (TPSA) is 70.6 Å². The summed E-state index contributed by atoms with van der Waals surface area (Å²) in [5.74, 6) is -0.299. The molecule has 2 aromatic carbocycles. The van der Waals surface area contributed by atoms with Crippen LogP contribution >= 0.6 is 15.9 Å². The van der Waals surface area contributed by atoms with E-state index in [-0.39, 0.29) is 11.8 Å². The highest BCUT2D eigenvalue weighted by atomic mass is 79.9. The zero-order valence-electron chi connectivity index (χ0n) is 16.1. The minimum Gasteiger partial charge on any atom is -0.326 e. The first-order valence-electron chi connectivity index (χ1n) is 9.57. The average Bonchev–Trinajstić information content (AvgIpc) is 2.68. The van der Waals surface area contributed by atoms with E-state index < -0.39 is 0 Å². The summed E-state index contributed by atoms with van der Waals surface area (Å²) in [6.07, 6.45) is 7.69. The number of halogens is 1. The van der Waals surface area contributed by atoms with Crippen LogP contribution in [0.15, 0.2) is 58.1 Å². The van der Waals surface area contributed by atoms with Crippen LogP contribution in [0.25, 0.3) is 0 Å². The van der Waals surface area contributed by atoms with E-state index in [1.165, 1.54) is 19.3 Å². The van der Waals surface area contributed by atoms with E-state index in [0.717, 1.165) is 22.9 Å². The largest absolute Gasteiger partial charge is 0.326 e.